The van der Waals surface area contributed by atoms with Gasteiger partial charge in [0, 0.05) is 0 Å². The minimum absolute atomic E-state index is 0.129. The van der Waals surface area contributed by atoms with Gasteiger partial charge in [0.25, 0.3) is 0 Å². The Balaban J connectivity index is 2.04. The highest BCUT2D eigenvalue weighted by Crippen LogP contribution is 2.33. The van der Waals surface area contributed by atoms with Crippen LogP contribution < -0.4 is 0 Å². The molecule has 2 aliphatic rings. The molecule has 0 saturated heterocycles. The molecule has 0 atom stereocenters. The van der Waals surface area contributed by atoms with Crippen molar-refractivity contribution < 1.29 is 0 Å². The lowest BCUT2D eigenvalue weighted by Crippen LogP contribution is -2.18. The summed E-state index contributed by atoms with van der Waals surface area (Å²) >= 11 is 0. The molecule has 2 heterocycles. The maximum absolute atomic E-state index is 4.32. The van der Waals surface area contributed by atoms with Crippen molar-refractivity contribution in [2.75, 3.05) is 0 Å². The lowest BCUT2D eigenvalue weighted by atomic mass is 9.48. The molecule has 0 aromatic rings. The molecule has 0 nitrogen and oxygen atoms in total. The first-order valence-electron chi connectivity index (χ1n) is 10.4. The van der Waals surface area contributed by atoms with Crippen LogP contribution in [0.5, 0.6) is 0 Å². The monoisotopic (exact) mass is 364 g/mol. The summed E-state index contributed by atoms with van der Waals surface area (Å²) in [6.45, 7) is 21.9. The highest BCUT2D eigenvalue weighted by molar-refractivity contribution is 6.74. The molecule has 0 aromatic heterocycles. The van der Waals surface area contributed by atoms with Crippen molar-refractivity contribution in [2.45, 2.75) is 55.4 Å². The predicted molar refractivity (Wildman–Crippen MR) is 131 cm³/mol. The molecular weight excluding hydrogens is 332 g/mol. The maximum Gasteiger partial charge on any atom is 0.189 e. The SMILES string of the molecule is C=C([B]/C(=C\C)C(C)(C)C)C1=CC2=C([B]1)C=C(/C([B]/C(=C\C)C(C)C)=C/C)[B]2. The molecule has 28 heavy (non-hydrogen) atoms. The summed E-state index contributed by atoms with van der Waals surface area (Å²) in [6.07, 6.45) is 11.2. The number of rotatable bonds is 7. The number of hydrogen-bond acceptors (Lipinski definition) is 0. The molecule has 2 rings (SSSR count). The minimum atomic E-state index is 0.129. The van der Waals surface area contributed by atoms with E-state index in [1.165, 1.54) is 38.3 Å². The Morgan fingerprint density at radius 2 is 1.50 bits per heavy atom. The molecule has 4 heteroatoms. The average molecular weight is 364 g/mol. The van der Waals surface area contributed by atoms with E-state index in [9.17, 15) is 0 Å². The minimum Gasteiger partial charge on any atom is -0.105 e. The molecular formula is C24H32B4. The summed E-state index contributed by atoms with van der Waals surface area (Å²) in [4.78, 5) is 0. The Bertz CT molecular complexity index is 821. The summed E-state index contributed by atoms with van der Waals surface area (Å²) in [5.74, 6) is 0.530. The Hall–Kier alpha value is -1.56. The Morgan fingerprint density at radius 3 is 1.96 bits per heavy atom. The van der Waals surface area contributed by atoms with Crippen LogP contribution in [0.2, 0.25) is 0 Å². The fraction of sp³-hybridized carbons (Fsp3) is 0.417. The second kappa shape index (κ2) is 9.29. The van der Waals surface area contributed by atoms with Crippen molar-refractivity contribution in [3.63, 3.8) is 0 Å². The zero-order valence-electron chi connectivity index (χ0n) is 19.0. The van der Waals surface area contributed by atoms with Gasteiger partial charge in [0.1, 0.15) is 0 Å². The molecule has 0 aromatic carbocycles. The molecule has 0 saturated carbocycles. The van der Waals surface area contributed by atoms with Crippen molar-refractivity contribution in [3.8, 4) is 0 Å². The third-order valence-electron chi connectivity index (χ3n) is 5.42. The van der Waals surface area contributed by atoms with Crippen LogP contribution in [-0.4, -0.2) is 29.1 Å². The maximum atomic E-state index is 4.32. The van der Waals surface area contributed by atoms with Gasteiger partial charge in [0.05, 0.1) is 0 Å². The van der Waals surface area contributed by atoms with Crippen LogP contribution in [0.25, 0.3) is 0 Å². The van der Waals surface area contributed by atoms with Gasteiger partial charge in [-0.05, 0) is 32.1 Å². The van der Waals surface area contributed by atoms with Crippen LogP contribution >= 0.6 is 0 Å². The van der Waals surface area contributed by atoms with Crippen molar-refractivity contribution in [2.24, 2.45) is 11.3 Å². The van der Waals surface area contributed by atoms with Gasteiger partial charge in [-0.15, -0.1) is 17.5 Å². The highest BCUT2D eigenvalue weighted by atomic mass is 14.1. The molecule has 0 aliphatic carbocycles. The van der Waals surface area contributed by atoms with E-state index in [2.05, 4.69) is 121 Å². The first-order chi connectivity index (χ1) is 13.1. The molecule has 0 fully saturated rings. The fourth-order valence-electron chi connectivity index (χ4n) is 3.62. The van der Waals surface area contributed by atoms with Gasteiger partial charge >= 0.3 is 0 Å². The van der Waals surface area contributed by atoms with E-state index < -0.39 is 0 Å². The van der Waals surface area contributed by atoms with Gasteiger partial charge in [-0.1, -0.05) is 97.8 Å². The van der Waals surface area contributed by atoms with E-state index in [1.807, 2.05) is 0 Å². The van der Waals surface area contributed by atoms with Crippen molar-refractivity contribution in [3.05, 3.63) is 80.7 Å². The van der Waals surface area contributed by atoms with Gasteiger partial charge in [-0.25, -0.2) is 0 Å². The van der Waals surface area contributed by atoms with Gasteiger partial charge in [0.15, 0.2) is 29.1 Å². The first-order valence-corrected chi connectivity index (χ1v) is 10.4. The van der Waals surface area contributed by atoms with Gasteiger partial charge in [-0.2, -0.15) is 0 Å². The molecule has 140 valence electrons. The summed E-state index contributed by atoms with van der Waals surface area (Å²) in [5, 5.41) is 0. The lowest BCUT2D eigenvalue weighted by molar-refractivity contribution is 0.528. The largest absolute Gasteiger partial charge is 0.189 e. The molecule has 0 amide bonds. The van der Waals surface area contributed by atoms with Gasteiger partial charge in [-0.3, -0.25) is 0 Å². The Kier molecular flexibility index (Phi) is 7.54. The van der Waals surface area contributed by atoms with Crippen LogP contribution in [-0.2, 0) is 0 Å². The van der Waals surface area contributed by atoms with Crippen molar-refractivity contribution in [1.29, 1.82) is 0 Å². The molecule has 0 bridgehead atoms. The molecule has 0 N–H and O–H groups in total. The van der Waals surface area contributed by atoms with E-state index in [-0.39, 0.29) is 5.41 Å². The Morgan fingerprint density at radius 1 is 0.929 bits per heavy atom. The van der Waals surface area contributed by atoms with Crippen molar-refractivity contribution >= 4 is 29.1 Å². The second-order valence-electron chi connectivity index (χ2n) is 8.89. The van der Waals surface area contributed by atoms with Crippen LogP contribution in [0.15, 0.2) is 80.7 Å². The smallest absolute Gasteiger partial charge is 0.105 e. The third kappa shape index (κ3) is 5.28. The van der Waals surface area contributed by atoms with E-state index in [4.69, 9.17) is 0 Å². The van der Waals surface area contributed by atoms with Crippen LogP contribution in [0.1, 0.15) is 55.4 Å². The summed E-state index contributed by atoms with van der Waals surface area (Å²) in [7, 11) is 9.10. The molecule has 0 unspecified atom stereocenters. The lowest BCUT2D eigenvalue weighted by Gasteiger charge is -2.24. The zero-order valence-corrected chi connectivity index (χ0v) is 19.0. The molecule has 0 spiro atoms. The average Bonchev–Trinajstić information content (AvgIpc) is 3.18. The number of allylic oxidation sites excluding steroid dienone is 13. The zero-order chi connectivity index (χ0) is 21.1. The highest BCUT2D eigenvalue weighted by Gasteiger charge is 2.27. The van der Waals surface area contributed by atoms with Crippen LogP contribution in [0.4, 0.5) is 0 Å². The van der Waals surface area contributed by atoms with Gasteiger partial charge in [0.2, 0.25) is 0 Å². The normalized spacial score (nSPS) is 17.8. The van der Waals surface area contributed by atoms with E-state index in [1.54, 1.807) is 0 Å². The summed E-state index contributed by atoms with van der Waals surface area (Å²) in [6, 6.07) is 0. The fourth-order valence-corrected chi connectivity index (χ4v) is 3.62. The Labute approximate surface area is 176 Å². The topological polar surface area (TPSA) is 0 Å². The van der Waals surface area contributed by atoms with Crippen LogP contribution in [0.3, 0.4) is 0 Å². The summed E-state index contributed by atoms with van der Waals surface area (Å²) in [5.41, 5.74) is 10.3. The molecule has 4 radical (unpaired) electrons. The standard InChI is InChI=1S/C24H32B4/c1-10-17(15(4)5)26-18(11-2)20-14-22-21(28-20)13-19(27-22)16(6)25-23(12-3)24(7,8)9/h10-15H,6H2,1-5,7-9H3/b17-10-,18-11-,23-12-. The van der Waals surface area contributed by atoms with E-state index in [0.717, 1.165) is 5.47 Å². The predicted octanol–water partition coefficient (Wildman–Crippen LogP) is 5.74. The van der Waals surface area contributed by atoms with Crippen LogP contribution in [0, 0.1) is 11.3 Å². The molecule has 2 aliphatic heterocycles. The quantitative estimate of drug-likeness (QED) is 0.506. The first kappa shape index (κ1) is 22.7. The van der Waals surface area contributed by atoms with Gasteiger partial charge < -0.3 is 0 Å². The summed E-state index contributed by atoms with van der Waals surface area (Å²) < 4.78 is 0. The van der Waals surface area contributed by atoms with Crippen molar-refractivity contribution in [1.82, 2.24) is 0 Å². The van der Waals surface area contributed by atoms with E-state index in [0.29, 0.717) is 5.92 Å². The third-order valence-corrected chi connectivity index (χ3v) is 5.42. The van der Waals surface area contributed by atoms with E-state index >= 15 is 0 Å². The number of hydrogen-bond donors (Lipinski definition) is 0. The second-order valence-corrected chi connectivity index (χ2v) is 8.89.